The van der Waals surface area contributed by atoms with Crippen molar-refractivity contribution < 1.29 is 19.0 Å². The number of likely N-dealkylation sites (N-methyl/N-ethyl adjacent to an activating group) is 1. The lowest BCUT2D eigenvalue weighted by Gasteiger charge is -2.35. The molecule has 0 bridgehead atoms. The van der Waals surface area contributed by atoms with Crippen LogP contribution in [0.15, 0.2) is 17.7 Å². The summed E-state index contributed by atoms with van der Waals surface area (Å²) < 4.78 is 16.7. The van der Waals surface area contributed by atoms with Gasteiger partial charge in [-0.2, -0.15) is 0 Å². The zero-order valence-corrected chi connectivity index (χ0v) is 14.1. The molecule has 1 aromatic rings. The van der Waals surface area contributed by atoms with Crippen LogP contribution in [0.4, 0.5) is 0 Å². The average Bonchev–Trinajstić information content (AvgIpc) is 2.95. The predicted octanol–water partition coefficient (Wildman–Crippen LogP) is 2.88. The summed E-state index contributed by atoms with van der Waals surface area (Å²) >= 11 is 0. The van der Waals surface area contributed by atoms with Crippen LogP contribution in [-0.2, 0) is 11.2 Å². The molecule has 0 fully saturated rings. The van der Waals surface area contributed by atoms with E-state index in [0.29, 0.717) is 17.9 Å². The number of allylic oxidation sites excluding steroid dienone is 2. The van der Waals surface area contributed by atoms with Crippen LogP contribution < -0.4 is 14.2 Å². The Morgan fingerprint density at radius 2 is 2.22 bits per heavy atom. The molecule has 1 atom stereocenters. The van der Waals surface area contributed by atoms with Gasteiger partial charge >= 0.3 is 0 Å². The number of ketones is 1. The van der Waals surface area contributed by atoms with Crippen molar-refractivity contribution in [1.29, 1.82) is 0 Å². The quantitative estimate of drug-likeness (QED) is 0.799. The second-order valence-corrected chi connectivity index (χ2v) is 6.35. The maximum Gasteiger partial charge on any atom is 0.231 e. The molecule has 2 heterocycles. The van der Waals surface area contributed by atoms with Crippen molar-refractivity contribution >= 4 is 5.78 Å². The third-order valence-electron chi connectivity index (χ3n) is 4.39. The largest absolute Gasteiger partial charge is 0.492 e. The highest BCUT2D eigenvalue weighted by Gasteiger charge is 2.34. The van der Waals surface area contributed by atoms with E-state index in [9.17, 15) is 4.79 Å². The van der Waals surface area contributed by atoms with E-state index in [4.69, 9.17) is 14.2 Å². The Labute approximate surface area is 136 Å². The number of hydrogen-bond donors (Lipinski definition) is 0. The van der Waals surface area contributed by atoms with Crippen LogP contribution >= 0.6 is 0 Å². The lowest BCUT2D eigenvalue weighted by molar-refractivity contribution is -0.115. The van der Waals surface area contributed by atoms with Gasteiger partial charge in [0, 0.05) is 24.6 Å². The molecule has 0 saturated carbocycles. The maximum absolute atomic E-state index is 12.3. The average molecular weight is 317 g/mol. The number of hydrogen-bond acceptors (Lipinski definition) is 5. The highest BCUT2D eigenvalue weighted by molar-refractivity contribution is 5.91. The Morgan fingerprint density at radius 3 is 2.91 bits per heavy atom. The molecule has 0 amide bonds. The first-order chi connectivity index (χ1) is 11.0. The van der Waals surface area contributed by atoms with Gasteiger partial charge in [0.15, 0.2) is 17.3 Å². The molecule has 5 heteroatoms. The molecule has 0 saturated heterocycles. The Balaban J connectivity index is 2.04. The van der Waals surface area contributed by atoms with E-state index in [1.165, 1.54) is 5.56 Å². The molecule has 2 aliphatic heterocycles. The maximum atomic E-state index is 12.3. The molecular weight excluding hydrogens is 294 g/mol. The highest BCUT2D eigenvalue weighted by atomic mass is 16.7. The van der Waals surface area contributed by atoms with E-state index in [1.54, 1.807) is 13.2 Å². The van der Waals surface area contributed by atoms with Crippen molar-refractivity contribution in [2.24, 2.45) is 0 Å². The summed E-state index contributed by atoms with van der Waals surface area (Å²) in [5.74, 6) is 2.23. The van der Waals surface area contributed by atoms with Crippen LogP contribution in [0.1, 0.15) is 37.4 Å². The Hall–Kier alpha value is -2.01. The fourth-order valence-electron chi connectivity index (χ4n) is 3.35. The van der Waals surface area contributed by atoms with E-state index in [0.717, 1.165) is 29.9 Å². The fourth-order valence-corrected chi connectivity index (χ4v) is 3.35. The van der Waals surface area contributed by atoms with Gasteiger partial charge in [-0.3, -0.25) is 9.69 Å². The van der Waals surface area contributed by atoms with E-state index < -0.39 is 0 Å². The molecule has 1 aromatic carbocycles. The van der Waals surface area contributed by atoms with Crippen molar-refractivity contribution in [1.82, 2.24) is 4.90 Å². The van der Waals surface area contributed by atoms with E-state index in [2.05, 4.69) is 4.90 Å². The van der Waals surface area contributed by atoms with Crippen molar-refractivity contribution in [3.63, 3.8) is 0 Å². The number of fused-ring (bicyclic) bond motifs is 2. The molecule has 3 rings (SSSR count). The molecule has 124 valence electrons. The first-order valence-electron chi connectivity index (χ1n) is 7.88. The molecule has 0 unspecified atom stereocenters. The number of nitrogens with zero attached hydrogens (tertiary/aromatic N) is 1. The van der Waals surface area contributed by atoms with Gasteiger partial charge in [-0.25, -0.2) is 0 Å². The summed E-state index contributed by atoms with van der Waals surface area (Å²) in [4.78, 5) is 14.5. The van der Waals surface area contributed by atoms with Crippen LogP contribution in [0.5, 0.6) is 17.2 Å². The van der Waals surface area contributed by atoms with Gasteiger partial charge in [-0.1, -0.05) is 5.57 Å². The summed E-state index contributed by atoms with van der Waals surface area (Å²) in [6.45, 7) is 5.00. The summed E-state index contributed by atoms with van der Waals surface area (Å²) in [6, 6.07) is 2.03. The van der Waals surface area contributed by atoms with Crippen molar-refractivity contribution in [3.8, 4) is 17.2 Å². The van der Waals surface area contributed by atoms with E-state index in [1.807, 2.05) is 27.0 Å². The van der Waals surface area contributed by atoms with Gasteiger partial charge in [-0.15, -0.1) is 0 Å². The van der Waals surface area contributed by atoms with Crippen molar-refractivity contribution in [3.05, 3.63) is 28.8 Å². The third kappa shape index (κ3) is 2.93. The first-order valence-corrected chi connectivity index (χ1v) is 7.88. The van der Waals surface area contributed by atoms with Crippen LogP contribution in [-0.4, -0.2) is 38.2 Å². The molecule has 0 aliphatic carbocycles. The number of methoxy groups -OCH3 is 1. The summed E-state index contributed by atoms with van der Waals surface area (Å²) in [5.41, 5.74) is 3.26. The van der Waals surface area contributed by atoms with Crippen LogP contribution in [0, 0.1) is 0 Å². The van der Waals surface area contributed by atoms with Gasteiger partial charge < -0.3 is 14.2 Å². The van der Waals surface area contributed by atoms with Gasteiger partial charge in [0.05, 0.1) is 7.11 Å². The zero-order chi connectivity index (χ0) is 16.6. The summed E-state index contributed by atoms with van der Waals surface area (Å²) in [7, 11) is 3.69. The third-order valence-corrected chi connectivity index (χ3v) is 4.39. The standard InChI is InChI=1S/C18H23NO4/c1-11(2)7-13(20)9-14-16-12(5-6-19(14)3)8-15-17(18(16)21-4)23-10-22-15/h7-8,14H,5-6,9-10H2,1-4H3/t14-/m1/s1. The predicted molar refractivity (Wildman–Crippen MR) is 87.2 cm³/mol. The first kappa shape index (κ1) is 15.9. The SMILES string of the molecule is COc1c2c(cc3c1[C@@H](CC(=O)C=C(C)C)N(C)CC3)OCO2. The molecule has 0 radical (unpaired) electrons. The summed E-state index contributed by atoms with van der Waals surface area (Å²) in [5, 5.41) is 0. The Bertz CT molecular complexity index is 661. The molecule has 5 nitrogen and oxygen atoms in total. The van der Waals surface area contributed by atoms with E-state index in [-0.39, 0.29) is 18.6 Å². The van der Waals surface area contributed by atoms with Crippen molar-refractivity contribution in [2.75, 3.05) is 27.5 Å². The number of carbonyl (C=O) groups excluding carboxylic acids is 1. The molecular formula is C18H23NO4. The van der Waals surface area contributed by atoms with Crippen molar-refractivity contribution in [2.45, 2.75) is 32.7 Å². The van der Waals surface area contributed by atoms with Crippen LogP contribution in [0.25, 0.3) is 0 Å². The number of ether oxygens (including phenoxy) is 3. The van der Waals surface area contributed by atoms with Gasteiger partial charge in [-0.05, 0) is 45.0 Å². The van der Waals surface area contributed by atoms with Crippen LogP contribution in [0.3, 0.4) is 0 Å². The Morgan fingerprint density at radius 1 is 1.43 bits per heavy atom. The van der Waals surface area contributed by atoms with Gasteiger partial charge in [0.2, 0.25) is 12.5 Å². The highest BCUT2D eigenvalue weighted by Crippen LogP contribution is 2.50. The minimum Gasteiger partial charge on any atom is -0.492 e. The number of benzene rings is 1. The van der Waals surface area contributed by atoms with Gasteiger partial charge in [0.25, 0.3) is 0 Å². The van der Waals surface area contributed by atoms with Gasteiger partial charge in [0.1, 0.15) is 0 Å². The monoisotopic (exact) mass is 317 g/mol. The zero-order valence-electron chi connectivity index (χ0n) is 14.1. The minimum atomic E-state index is -0.00806. The normalized spacial score (nSPS) is 19.2. The second-order valence-electron chi connectivity index (χ2n) is 6.35. The molecule has 23 heavy (non-hydrogen) atoms. The Kier molecular flexibility index (Phi) is 4.31. The lowest BCUT2D eigenvalue weighted by atomic mass is 9.88. The topological polar surface area (TPSA) is 48.0 Å². The molecule has 0 N–H and O–H groups in total. The van der Waals surface area contributed by atoms with Crippen LogP contribution in [0.2, 0.25) is 0 Å². The second kappa shape index (κ2) is 6.24. The molecule has 0 aromatic heterocycles. The number of carbonyl (C=O) groups is 1. The smallest absolute Gasteiger partial charge is 0.231 e. The number of rotatable bonds is 4. The summed E-state index contributed by atoms with van der Waals surface area (Å²) in [6.07, 6.45) is 3.05. The van der Waals surface area contributed by atoms with E-state index >= 15 is 0 Å². The molecule has 2 aliphatic rings. The molecule has 0 spiro atoms. The minimum absolute atomic E-state index is 0.00806. The fraction of sp³-hybridized carbons (Fsp3) is 0.500. The lowest BCUT2D eigenvalue weighted by Crippen LogP contribution is -2.33.